The van der Waals surface area contributed by atoms with Gasteiger partial charge in [0.05, 0.1) is 5.69 Å². The van der Waals surface area contributed by atoms with Gasteiger partial charge in [0.1, 0.15) is 6.04 Å². The van der Waals surface area contributed by atoms with Crippen LogP contribution in [0.5, 0.6) is 0 Å². The molecule has 2 N–H and O–H groups in total. The first-order valence-corrected chi connectivity index (χ1v) is 8.66. The molecule has 6 heteroatoms. The summed E-state index contributed by atoms with van der Waals surface area (Å²) in [6.07, 6.45) is 0. The van der Waals surface area contributed by atoms with E-state index in [2.05, 4.69) is 58.4 Å². The minimum Gasteiger partial charge on any atom is -0.368 e. The second-order valence-corrected chi connectivity index (χ2v) is 7.53. The van der Waals surface area contributed by atoms with Crippen LogP contribution >= 0.6 is 47.8 Å². The number of halogens is 3. The van der Waals surface area contributed by atoms with Gasteiger partial charge >= 0.3 is 0 Å². The lowest BCUT2D eigenvalue weighted by Gasteiger charge is -2.16. The molecule has 1 atom stereocenters. The van der Waals surface area contributed by atoms with E-state index in [0.717, 1.165) is 35.9 Å². The fraction of sp³-hybridized carbons (Fsp3) is 0.133. The minimum absolute atomic E-state index is 0.0441. The van der Waals surface area contributed by atoms with Crippen LogP contribution in [0.2, 0.25) is 0 Å². The lowest BCUT2D eigenvalue weighted by atomic mass is 10.1. The predicted molar refractivity (Wildman–Crippen MR) is 95.7 cm³/mol. The summed E-state index contributed by atoms with van der Waals surface area (Å²) in [5, 5.41) is 6.22. The summed E-state index contributed by atoms with van der Waals surface area (Å²) in [5.74, 6) is -0.0441. The average Bonchev–Trinajstić information content (AvgIpc) is 2.69. The minimum atomic E-state index is -0.395. The maximum Gasteiger partial charge on any atom is 0.251 e. The molecule has 0 saturated carbocycles. The van der Waals surface area contributed by atoms with Gasteiger partial charge in [0.15, 0.2) is 0 Å². The van der Waals surface area contributed by atoms with E-state index in [-0.39, 0.29) is 5.91 Å². The van der Waals surface area contributed by atoms with E-state index >= 15 is 0 Å². The standard InChI is InChI=1S/C15H11Br3N2O/c1-7-2-3-12-9(4-7)13(15(21)19-12)20-14-10(17)5-8(16)6-11(14)18/h2-6,13,20H,1H3,(H,19,21). The SMILES string of the molecule is Cc1ccc2c(c1)C(Nc1c(Br)cc(Br)cc1Br)C(=O)N2. The quantitative estimate of drug-likeness (QED) is 0.613. The van der Waals surface area contributed by atoms with Crippen LogP contribution in [0.4, 0.5) is 11.4 Å². The van der Waals surface area contributed by atoms with Crippen molar-refractivity contribution in [3.8, 4) is 0 Å². The van der Waals surface area contributed by atoms with E-state index in [1.807, 2.05) is 37.3 Å². The number of anilines is 2. The molecule has 0 aliphatic carbocycles. The smallest absolute Gasteiger partial charge is 0.251 e. The Labute approximate surface area is 147 Å². The first kappa shape index (κ1) is 15.1. The van der Waals surface area contributed by atoms with Crippen LogP contribution in [0.15, 0.2) is 43.7 Å². The summed E-state index contributed by atoms with van der Waals surface area (Å²) in [4.78, 5) is 12.2. The van der Waals surface area contributed by atoms with Crippen molar-refractivity contribution in [3.05, 3.63) is 54.9 Å². The molecule has 0 aromatic heterocycles. The summed E-state index contributed by atoms with van der Waals surface area (Å²) in [7, 11) is 0. The fourth-order valence-electron chi connectivity index (χ4n) is 2.35. The van der Waals surface area contributed by atoms with Crippen LogP contribution in [-0.4, -0.2) is 5.91 Å². The van der Waals surface area contributed by atoms with Gasteiger partial charge in [-0.05, 0) is 57.0 Å². The summed E-state index contributed by atoms with van der Waals surface area (Å²) >= 11 is 10.5. The van der Waals surface area contributed by atoms with Crippen LogP contribution in [0.3, 0.4) is 0 Å². The third-order valence-corrected chi connectivity index (χ3v) is 5.04. The zero-order valence-corrected chi connectivity index (χ0v) is 15.8. The normalized spacial score (nSPS) is 16.6. The molecule has 1 unspecified atom stereocenters. The second-order valence-electron chi connectivity index (χ2n) is 4.90. The van der Waals surface area contributed by atoms with Gasteiger partial charge in [-0.15, -0.1) is 0 Å². The van der Waals surface area contributed by atoms with Crippen molar-refractivity contribution in [2.24, 2.45) is 0 Å². The molecule has 21 heavy (non-hydrogen) atoms. The molecule has 2 aromatic carbocycles. The zero-order valence-electron chi connectivity index (χ0n) is 11.0. The van der Waals surface area contributed by atoms with Gasteiger partial charge in [-0.1, -0.05) is 33.6 Å². The molecule has 2 aromatic rings. The van der Waals surface area contributed by atoms with Gasteiger partial charge < -0.3 is 10.6 Å². The highest BCUT2D eigenvalue weighted by Gasteiger charge is 2.31. The Morgan fingerprint density at radius 2 is 1.76 bits per heavy atom. The highest BCUT2D eigenvalue weighted by atomic mass is 79.9. The third kappa shape index (κ3) is 2.89. The number of amides is 1. The molecular formula is C15H11Br3N2O. The number of benzene rings is 2. The zero-order chi connectivity index (χ0) is 15.1. The molecule has 1 heterocycles. The van der Waals surface area contributed by atoms with Crippen LogP contribution in [0, 0.1) is 6.92 Å². The van der Waals surface area contributed by atoms with Crippen molar-refractivity contribution < 1.29 is 4.79 Å². The predicted octanol–water partition coefficient (Wildman–Crippen LogP) is 5.39. The van der Waals surface area contributed by atoms with E-state index < -0.39 is 6.04 Å². The number of aryl methyl sites for hydroxylation is 1. The number of fused-ring (bicyclic) bond motifs is 1. The number of rotatable bonds is 2. The van der Waals surface area contributed by atoms with E-state index in [1.54, 1.807) is 0 Å². The molecule has 0 bridgehead atoms. The monoisotopic (exact) mass is 472 g/mol. The molecule has 3 rings (SSSR count). The van der Waals surface area contributed by atoms with Crippen LogP contribution in [-0.2, 0) is 4.79 Å². The van der Waals surface area contributed by atoms with E-state index in [4.69, 9.17) is 0 Å². The molecule has 1 amide bonds. The molecule has 0 spiro atoms. The van der Waals surface area contributed by atoms with E-state index in [1.165, 1.54) is 0 Å². The number of hydrogen-bond acceptors (Lipinski definition) is 2. The lowest BCUT2D eigenvalue weighted by Crippen LogP contribution is -2.20. The number of hydrogen-bond donors (Lipinski definition) is 2. The number of carbonyl (C=O) groups excluding carboxylic acids is 1. The van der Waals surface area contributed by atoms with Crippen molar-refractivity contribution in [1.29, 1.82) is 0 Å². The van der Waals surface area contributed by atoms with Crippen molar-refractivity contribution in [3.63, 3.8) is 0 Å². The fourth-order valence-corrected chi connectivity index (χ4v) is 4.84. The van der Waals surface area contributed by atoms with Crippen LogP contribution in [0.25, 0.3) is 0 Å². The molecule has 0 radical (unpaired) electrons. The van der Waals surface area contributed by atoms with Crippen LogP contribution < -0.4 is 10.6 Å². The summed E-state index contributed by atoms with van der Waals surface area (Å²) in [6, 6.07) is 9.46. The van der Waals surface area contributed by atoms with Gasteiger partial charge in [-0.2, -0.15) is 0 Å². The second kappa shape index (κ2) is 5.74. The summed E-state index contributed by atoms with van der Waals surface area (Å²) in [6.45, 7) is 2.02. The van der Waals surface area contributed by atoms with Gasteiger partial charge in [-0.25, -0.2) is 0 Å². The number of carbonyl (C=O) groups is 1. The maximum atomic E-state index is 12.2. The third-order valence-electron chi connectivity index (χ3n) is 3.33. The van der Waals surface area contributed by atoms with Gasteiger partial charge in [0, 0.05) is 24.7 Å². The molecule has 0 fully saturated rings. The Morgan fingerprint density at radius 3 is 2.43 bits per heavy atom. The number of nitrogens with one attached hydrogen (secondary N) is 2. The molecule has 3 nitrogen and oxygen atoms in total. The highest BCUT2D eigenvalue weighted by Crippen LogP contribution is 2.39. The van der Waals surface area contributed by atoms with E-state index in [0.29, 0.717) is 0 Å². The van der Waals surface area contributed by atoms with E-state index in [9.17, 15) is 4.79 Å². The first-order chi connectivity index (χ1) is 9.95. The van der Waals surface area contributed by atoms with Crippen molar-refractivity contribution >= 4 is 65.1 Å². The molecule has 1 aliphatic rings. The molecule has 0 saturated heterocycles. The maximum absolute atomic E-state index is 12.2. The molecule has 1 aliphatic heterocycles. The Hall–Kier alpha value is -0.850. The van der Waals surface area contributed by atoms with Gasteiger partial charge in [-0.3, -0.25) is 4.79 Å². The summed E-state index contributed by atoms with van der Waals surface area (Å²) in [5.41, 5.74) is 3.83. The average molecular weight is 475 g/mol. The van der Waals surface area contributed by atoms with Gasteiger partial charge in [0.2, 0.25) is 0 Å². The van der Waals surface area contributed by atoms with Crippen molar-refractivity contribution in [2.75, 3.05) is 10.6 Å². The Morgan fingerprint density at radius 1 is 1.10 bits per heavy atom. The van der Waals surface area contributed by atoms with Crippen molar-refractivity contribution in [1.82, 2.24) is 0 Å². The Balaban J connectivity index is 2.00. The molecular weight excluding hydrogens is 464 g/mol. The molecule has 108 valence electrons. The van der Waals surface area contributed by atoms with Crippen LogP contribution in [0.1, 0.15) is 17.2 Å². The Bertz CT molecular complexity index is 723. The van der Waals surface area contributed by atoms with Crippen molar-refractivity contribution in [2.45, 2.75) is 13.0 Å². The highest BCUT2D eigenvalue weighted by molar-refractivity contribution is 9.11. The first-order valence-electron chi connectivity index (χ1n) is 6.28. The Kier molecular flexibility index (Phi) is 4.12. The largest absolute Gasteiger partial charge is 0.368 e. The topological polar surface area (TPSA) is 41.1 Å². The van der Waals surface area contributed by atoms with Gasteiger partial charge in [0.25, 0.3) is 5.91 Å². The summed E-state index contributed by atoms with van der Waals surface area (Å²) < 4.78 is 2.73. The lowest BCUT2D eigenvalue weighted by molar-refractivity contribution is -0.116.